The van der Waals surface area contributed by atoms with Crippen molar-refractivity contribution in [3.05, 3.63) is 71.8 Å². The molecule has 2 fully saturated rings. The molecule has 0 radical (unpaired) electrons. The van der Waals surface area contributed by atoms with Crippen LogP contribution in [-0.2, 0) is 15.9 Å². The smallest absolute Gasteiger partial charge is 0.162 e. The Bertz CT molecular complexity index is 1380. The van der Waals surface area contributed by atoms with Crippen molar-refractivity contribution in [3.8, 4) is 33.8 Å². The predicted molar refractivity (Wildman–Crippen MR) is 189 cm³/mol. The topological polar surface area (TPSA) is 77.4 Å². The molecular formula is C41H56O6. The molecule has 1 aliphatic heterocycles. The minimum absolute atomic E-state index is 0.0892. The van der Waals surface area contributed by atoms with E-state index in [2.05, 4.69) is 61.5 Å². The Morgan fingerprint density at radius 3 is 2.02 bits per heavy atom. The third-order valence-electron chi connectivity index (χ3n) is 10.3. The number of hydrogen-bond donors (Lipinski definition) is 2. The van der Waals surface area contributed by atoms with Gasteiger partial charge in [-0.1, -0.05) is 81.1 Å². The number of unbranched alkanes of at least 4 members (excludes halogenated alkanes) is 2. The molecule has 3 aromatic rings. The van der Waals surface area contributed by atoms with Crippen LogP contribution in [0.1, 0.15) is 95.6 Å². The van der Waals surface area contributed by atoms with Crippen molar-refractivity contribution in [2.75, 3.05) is 40.1 Å². The normalized spacial score (nSPS) is 20.6. The minimum atomic E-state index is -0.679. The van der Waals surface area contributed by atoms with Crippen molar-refractivity contribution in [2.45, 2.75) is 96.7 Å². The standard InChI is InChI=1S/C41H56O6/c1-5-6-7-9-30-11-13-31(14-12-30)32-15-17-33(18-16-32)34-19-21-35(22-20-34)37-24-36(10-8-23-42)38(25-39(37)44-4)45-27-41(26-43)28-46-40(2,3)47-29-41/h15-22,24-25,30-31,42-43H,5-14,23,26-29H2,1-4H3. The first-order valence-electron chi connectivity index (χ1n) is 17.8. The molecule has 0 aromatic heterocycles. The van der Waals surface area contributed by atoms with Crippen LogP contribution in [0.5, 0.6) is 11.5 Å². The van der Waals surface area contributed by atoms with Crippen LogP contribution >= 0.6 is 0 Å². The lowest BCUT2D eigenvalue weighted by Crippen LogP contribution is -2.51. The van der Waals surface area contributed by atoms with E-state index < -0.39 is 11.2 Å². The Labute approximate surface area is 282 Å². The van der Waals surface area contributed by atoms with Gasteiger partial charge in [-0.25, -0.2) is 0 Å². The molecule has 1 saturated heterocycles. The molecule has 1 heterocycles. The van der Waals surface area contributed by atoms with Gasteiger partial charge in [-0.05, 0) is 98.1 Å². The molecule has 1 aliphatic carbocycles. The van der Waals surface area contributed by atoms with Crippen LogP contribution in [0, 0.1) is 11.3 Å². The SMILES string of the molecule is CCCCCC1CCC(c2ccc(-c3ccc(-c4cc(CCCO)c(OCC5(CO)COC(C)(C)OC5)cc4OC)cc3)cc2)CC1. The zero-order valence-electron chi connectivity index (χ0n) is 29.1. The third kappa shape index (κ3) is 9.17. The van der Waals surface area contributed by atoms with Crippen molar-refractivity contribution in [1.82, 2.24) is 0 Å². The fraction of sp³-hybridized carbons (Fsp3) is 0.561. The maximum Gasteiger partial charge on any atom is 0.162 e. The summed E-state index contributed by atoms with van der Waals surface area (Å²) in [5, 5.41) is 19.8. The highest BCUT2D eigenvalue weighted by molar-refractivity contribution is 5.76. The predicted octanol–water partition coefficient (Wildman–Crippen LogP) is 8.95. The second-order valence-corrected chi connectivity index (χ2v) is 14.3. The van der Waals surface area contributed by atoms with Crippen LogP contribution < -0.4 is 9.47 Å². The van der Waals surface area contributed by atoms with E-state index >= 15 is 0 Å². The lowest BCUT2D eigenvalue weighted by atomic mass is 9.77. The van der Waals surface area contributed by atoms with E-state index in [0.29, 0.717) is 43.5 Å². The summed E-state index contributed by atoms with van der Waals surface area (Å²) >= 11 is 0. The van der Waals surface area contributed by atoms with Crippen LogP contribution in [0.2, 0.25) is 0 Å². The van der Waals surface area contributed by atoms with Gasteiger partial charge in [-0.15, -0.1) is 0 Å². The molecule has 0 spiro atoms. The van der Waals surface area contributed by atoms with Gasteiger partial charge in [0.25, 0.3) is 0 Å². The summed E-state index contributed by atoms with van der Waals surface area (Å²) in [5.41, 5.74) is 6.25. The second kappa shape index (κ2) is 16.5. The van der Waals surface area contributed by atoms with Crippen molar-refractivity contribution >= 4 is 0 Å². The van der Waals surface area contributed by atoms with Crippen LogP contribution in [0.4, 0.5) is 0 Å². The largest absolute Gasteiger partial charge is 0.496 e. The number of hydrogen-bond acceptors (Lipinski definition) is 6. The quantitative estimate of drug-likeness (QED) is 0.161. The molecule has 2 aliphatic rings. The Hall–Kier alpha value is -2.90. The number of rotatable bonds is 15. The number of ether oxygens (including phenoxy) is 4. The molecule has 0 amide bonds. The Morgan fingerprint density at radius 2 is 1.43 bits per heavy atom. The molecule has 5 rings (SSSR count). The Balaban J connectivity index is 1.28. The summed E-state index contributed by atoms with van der Waals surface area (Å²) in [4.78, 5) is 0. The van der Waals surface area contributed by atoms with Crippen molar-refractivity contribution < 1.29 is 29.2 Å². The molecule has 256 valence electrons. The fourth-order valence-corrected chi connectivity index (χ4v) is 7.05. The van der Waals surface area contributed by atoms with Gasteiger partial charge in [-0.2, -0.15) is 0 Å². The molecule has 6 heteroatoms. The third-order valence-corrected chi connectivity index (χ3v) is 10.3. The summed E-state index contributed by atoms with van der Waals surface area (Å²) in [6, 6.07) is 21.9. The van der Waals surface area contributed by atoms with Gasteiger partial charge in [-0.3, -0.25) is 0 Å². The summed E-state index contributed by atoms with van der Waals surface area (Å²) in [7, 11) is 1.67. The first-order valence-corrected chi connectivity index (χ1v) is 17.8. The average molecular weight is 645 g/mol. The second-order valence-electron chi connectivity index (χ2n) is 14.3. The van der Waals surface area contributed by atoms with Gasteiger partial charge in [0.05, 0.1) is 32.3 Å². The van der Waals surface area contributed by atoms with Gasteiger partial charge < -0.3 is 29.2 Å². The van der Waals surface area contributed by atoms with E-state index in [9.17, 15) is 10.2 Å². The first-order chi connectivity index (χ1) is 22.8. The molecule has 47 heavy (non-hydrogen) atoms. The van der Waals surface area contributed by atoms with E-state index in [4.69, 9.17) is 18.9 Å². The van der Waals surface area contributed by atoms with Crippen molar-refractivity contribution in [2.24, 2.45) is 11.3 Å². The summed E-state index contributed by atoms with van der Waals surface area (Å²) in [5.74, 6) is 2.33. The summed E-state index contributed by atoms with van der Waals surface area (Å²) in [6.07, 6.45) is 12.2. The fourth-order valence-electron chi connectivity index (χ4n) is 7.05. The lowest BCUT2D eigenvalue weighted by Gasteiger charge is -2.42. The van der Waals surface area contributed by atoms with Gasteiger partial charge in [0.2, 0.25) is 0 Å². The van der Waals surface area contributed by atoms with Gasteiger partial charge >= 0.3 is 0 Å². The van der Waals surface area contributed by atoms with Gasteiger partial charge in [0.1, 0.15) is 18.1 Å². The molecule has 3 aromatic carbocycles. The first kappa shape index (κ1) is 35.4. The molecule has 0 atom stereocenters. The highest BCUT2D eigenvalue weighted by Gasteiger charge is 2.41. The lowest BCUT2D eigenvalue weighted by molar-refractivity contribution is -0.293. The van der Waals surface area contributed by atoms with Crippen LogP contribution in [0.15, 0.2) is 60.7 Å². The van der Waals surface area contributed by atoms with E-state index in [1.165, 1.54) is 68.1 Å². The molecule has 0 unspecified atom stereocenters. The van der Waals surface area contributed by atoms with Crippen LogP contribution in [0.25, 0.3) is 22.3 Å². The number of aryl methyl sites for hydroxylation is 1. The van der Waals surface area contributed by atoms with Crippen LogP contribution in [0.3, 0.4) is 0 Å². The van der Waals surface area contributed by atoms with E-state index in [1.54, 1.807) is 7.11 Å². The Kier molecular flexibility index (Phi) is 12.4. The van der Waals surface area contributed by atoms with Crippen molar-refractivity contribution in [1.29, 1.82) is 0 Å². The molecule has 0 bridgehead atoms. The van der Waals surface area contributed by atoms with Crippen molar-refractivity contribution in [3.63, 3.8) is 0 Å². The zero-order valence-corrected chi connectivity index (χ0v) is 29.1. The van der Waals surface area contributed by atoms with E-state index in [-0.39, 0.29) is 19.8 Å². The van der Waals surface area contributed by atoms with E-state index in [1.807, 2.05) is 19.9 Å². The zero-order chi connectivity index (χ0) is 33.3. The summed E-state index contributed by atoms with van der Waals surface area (Å²) < 4.78 is 23.9. The average Bonchev–Trinajstić information content (AvgIpc) is 3.11. The maximum absolute atomic E-state index is 10.2. The Morgan fingerprint density at radius 1 is 0.787 bits per heavy atom. The van der Waals surface area contributed by atoms with Crippen LogP contribution in [-0.4, -0.2) is 56.1 Å². The number of benzene rings is 3. The summed E-state index contributed by atoms with van der Waals surface area (Å²) in [6.45, 7) is 6.93. The molecule has 1 saturated carbocycles. The minimum Gasteiger partial charge on any atom is -0.496 e. The maximum atomic E-state index is 10.2. The molecular weight excluding hydrogens is 588 g/mol. The number of aliphatic hydroxyl groups excluding tert-OH is 2. The highest BCUT2D eigenvalue weighted by atomic mass is 16.7. The number of aliphatic hydroxyl groups is 2. The monoisotopic (exact) mass is 644 g/mol. The molecule has 6 nitrogen and oxygen atoms in total. The van der Waals surface area contributed by atoms with Gasteiger partial charge in [0.15, 0.2) is 5.79 Å². The highest BCUT2D eigenvalue weighted by Crippen LogP contribution is 2.40. The van der Waals surface area contributed by atoms with Gasteiger partial charge in [0, 0.05) is 18.2 Å². The molecule has 2 N–H and O–H groups in total. The van der Waals surface area contributed by atoms with E-state index in [0.717, 1.165) is 22.6 Å². The number of methoxy groups -OCH3 is 1.